The summed E-state index contributed by atoms with van der Waals surface area (Å²) in [6.45, 7) is 0.560. The molecular weight excluding hydrogens is 536 g/mol. The molecule has 1 fully saturated rings. The smallest absolute Gasteiger partial charge is 0.353 e. The van der Waals surface area contributed by atoms with Gasteiger partial charge in [0.05, 0.1) is 17.0 Å². The van der Waals surface area contributed by atoms with Crippen molar-refractivity contribution in [1.82, 2.24) is 14.9 Å². The van der Waals surface area contributed by atoms with Crippen LogP contribution in [0.1, 0.15) is 23.7 Å². The van der Waals surface area contributed by atoms with E-state index in [1.165, 1.54) is 40.6 Å². The lowest BCUT2D eigenvalue weighted by Crippen LogP contribution is -2.61. The van der Waals surface area contributed by atoms with Crippen molar-refractivity contribution >= 4 is 58.8 Å². The van der Waals surface area contributed by atoms with Crippen molar-refractivity contribution in [2.75, 3.05) is 23.8 Å². The van der Waals surface area contributed by atoms with Gasteiger partial charge in [0.2, 0.25) is 5.91 Å². The number of carbonyl (C=O) groups excluding carboxylic acids is 2. The number of aromatic nitrogens is 2. The van der Waals surface area contributed by atoms with Crippen LogP contribution in [0.4, 0.5) is 5.82 Å². The first-order chi connectivity index (χ1) is 17.8. The van der Waals surface area contributed by atoms with Gasteiger partial charge in [-0.25, -0.2) is 9.78 Å². The molecule has 0 aliphatic carbocycles. The molecule has 0 saturated carbocycles. The van der Waals surface area contributed by atoms with Crippen molar-refractivity contribution in [2.24, 2.45) is 16.8 Å². The van der Waals surface area contributed by atoms with E-state index in [1.54, 1.807) is 30.2 Å². The Bertz CT molecular complexity index is 1260. The van der Waals surface area contributed by atoms with Crippen LogP contribution in [0.2, 0.25) is 0 Å². The number of thioether (sulfide) groups is 3. The number of rotatable bonds is 12. The summed E-state index contributed by atoms with van der Waals surface area (Å²) in [7, 11) is 0. The van der Waals surface area contributed by atoms with Gasteiger partial charge in [-0.05, 0) is 23.8 Å². The van der Waals surface area contributed by atoms with Crippen LogP contribution < -0.4 is 11.5 Å². The molecule has 2 aliphatic heterocycles. The van der Waals surface area contributed by atoms with Gasteiger partial charge >= 0.3 is 5.97 Å². The quantitative estimate of drug-likeness (QED) is 0.196. The van der Waals surface area contributed by atoms with Crippen LogP contribution in [-0.4, -0.2) is 61.1 Å². The number of anilines is 1. The molecule has 2 aliphatic rings. The van der Waals surface area contributed by atoms with Crippen LogP contribution in [0.5, 0.6) is 0 Å². The van der Waals surface area contributed by atoms with Gasteiger partial charge in [0, 0.05) is 52.4 Å². The minimum absolute atomic E-state index is 0.0885. The highest BCUT2D eigenvalue weighted by Gasteiger charge is 2.54. The Hall–Kier alpha value is -2.94. The van der Waals surface area contributed by atoms with Crippen molar-refractivity contribution in [3.63, 3.8) is 0 Å². The number of nitroso groups, excluding NO2 is 1. The summed E-state index contributed by atoms with van der Waals surface area (Å²) in [5.41, 5.74) is 12.3. The molecule has 1 amide bonds. The highest BCUT2D eigenvalue weighted by molar-refractivity contribution is 8.06. The lowest BCUT2D eigenvalue weighted by molar-refractivity contribution is -0.154. The molecule has 3 atom stereocenters. The first-order valence-corrected chi connectivity index (χ1v) is 14.2. The van der Waals surface area contributed by atoms with Gasteiger partial charge in [0.25, 0.3) is 0 Å². The number of amides is 1. The zero-order valence-electron chi connectivity index (χ0n) is 19.5. The monoisotopic (exact) mass is 560 g/mol. The zero-order chi connectivity index (χ0) is 26.5. The number of pyridine rings is 2. The fourth-order valence-electron chi connectivity index (χ4n) is 4.05. The Balaban J connectivity index is 1.51. The molecule has 1 saturated heterocycles. The lowest BCUT2D eigenvalue weighted by atomic mass is 9.88. The molecule has 4 heterocycles. The molecule has 37 heavy (non-hydrogen) atoms. The molecule has 0 aromatic carbocycles. The van der Waals surface area contributed by atoms with Crippen molar-refractivity contribution in [2.45, 2.75) is 28.5 Å². The second kappa shape index (κ2) is 12.1. The van der Waals surface area contributed by atoms with Crippen LogP contribution in [0.15, 0.2) is 57.3 Å². The molecule has 3 unspecified atom stereocenters. The molecule has 4 rings (SSSR count). The molecule has 0 radical (unpaired) electrons. The molecule has 11 nitrogen and oxygen atoms in total. The number of fused-ring (bicyclic) bond motifs is 1. The Morgan fingerprint density at radius 2 is 2.14 bits per heavy atom. The Kier molecular flexibility index (Phi) is 8.84. The number of nitrogens with zero attached hydrogens (tertiary/aromatic N) is 4. The summed E-state index contributed by atoms with van der Waals surface area (Å²) in [5.74, 6) is -1.03. The number of hydrogen-bond acceptors (Lipinski definition) is 12. The number of hydrogen-bond donors (Lipinski definition) is 3. The average Bonchev–Trinajstić information content (AvgIpc) is 2.88. The summed E-state index contributed by atoms with van der Waals surface area (Å²) in [4.78, 5) is 60.3. The van der Waals surface area contributed by atoms with Gasteiger partial charge in [-0.2, -0.15) is 11.8 Å². The number of carboxylic acids is 1. The molecule has 0 bridgehead atoms. The van der Waals surface area contributed by atoms with Crippen molar-refractivity contribution < 1.29 is 19.5 Å². The lowest BCUT2D eigenvalue weighted by Gasteiger charge is -2.49. The molecule has 0 spiro atoms. The fraction of sp³-hybridized carbons (Fsp3) is 0.348. The maximum atomic E-state index is 13.1. The molecule has 2 aromatic rings. The van der Waals surface area contributed by atoms with E-state index >= 15 is 0 Å². The van der Waals surface area contributed by atoms with Gasteiger partial charge < -0.3 is 16.6 Å². The third-order valence-electron chi connectivity index (χ3n) is 5.77. The van der Waals surface area contributed by atoms with E-state index in [0.717, 1.165) is 16.2 Å². The van der Waals surface area contributed by atoms with E-state index in [9.17, 15) is 24.4 Å². The van der Waals surface area contributed by atoms with Crippen LogP contribution >= 0.6 is 35.3 Å². The molecule has 194 valence electrons. The second-order valence-electron chi connectivity index (χ2n) is 8.19. The SMILES string of the molecule is NCCSCc1ccncc1SC1=C(C(=O)O)N2C(=O)C(CC(=O)C(N=O)c3cccc(N)n3)C2SC1. The summed E-state index contributed by atoms with van der Waals surface area (Å²) in [6.07, 6.45) is 3.12. The van der Waals surface area contributed by atoms with Crippen molar-refractivity contribution in [3.05, 3.63) is 63.4 Å². The van der Waals surface area contributed by atoms with E-state index in [4.69, 9.17) is 11.5 Å². The number of aliphatic carboxylic acids is 1. The van der Waals surface area contributed by atoms with E-state index in [2.05, 4.69) is 15.1 Å². The fourth-order valence-corrected chi connectivity index (χ4v) is 7.56. The van der Waals surface area contributed by atoms with E-state index < -0.39 is 35.0 Å². The second-order valence-corrected chi connectivity index (χ2v) is 11.5. The minimum atomic E-state index is -1.39. The topological polar surface area (TPSA) is 182 Å². The van der Waals surface area contributed by atoms with Crippen LogP contribution in [0.3, 0.4) is 0 Å². The third kappa shape index (κ3) is 5.81. The van der Waals surface area contributed by atoms with Crippen molar-refractivity contribution in [1.29, 1.82) is 0 Å². The number of carbonyl (C=O) groups is 3. The van der Waals surface area contributed by atoms with Gasteiger partial charge in [-0.15, -0.1) is 16.7 Å². The number of ketones is 1. The maximum Gasteiger partial charge on any atom is 0.353 e. The van der Waals surface area contributed by atoms with Crippen molar-refractivity contribution in [3.8, 4) is 0 Å². The maximum absolute atomic E-state index is 13.1. The summed E-state index contributed by atoms with van der Waals surface area (Å²) in [5, 5.41) is 12.4. The summed E-state index contributed by atoms with van der Waals surface area (Å²) in [6, 6.07) is 5.05. The predicted molar refractivity (Wildman–Crippen MR) is 143 cm³/mol. The van der Waals surface area contributed by atoms with Gasteiger partial charge in [0.1, 0.15) is 11.5 Å². The van der Waals surface area contributed by atoms with Crippen LogP contribution in [0, 0.1) is 10.8 Å². The molecule has 5 N–H and O–H groups in total. The van der Waals surface area contributed by atoms with Crippen LogP contribution in [-0.2, 0) is 20.1 Å². The first kappa shape index (κ1) is 27.1. The minimum Gasteiger partial charge on any atom is -0.477 e. The number of Topliss-reactive ketones (excluding diaryl/α,β-unsaturated/α-hetero) is 1. The number of nitrogens with two attached hydrogens (primary N) is 2. The van der Waals surface area contributed by atoms with Gasteiger partial charge in [-0.3, -0.25) is 19.5 Å². The number of carboxylic acid groups (broad SMARTS) is 1. The number of nitrogen functional groups attached to an aromatic ring is 1. The average molecular weight is 561 g/mol. The molecule has 14 heteroatoms. The zero-order valence-corrected chi connectivity index (χ0v) is 21.9. The normalized spacial score (nSPS) is 19.7. The Labute approximate surface area is 225 Å². The Morgan fingerprint density at radius 1 is 1.32 bits per heavy atom. The number of β-lactam (4-membered cyclic amide) rings is 1. The van der Waals surface area contributed by atoms with Crippen LogP contribution in [0.25, 0.3) is 0 Å². The molecule has 2 aromatic heterocycles. The highest BCUT2D eigenvalue weighted by Crippen LogP contribution is 2.49. The largest absolute Gasteiger partial charge is 0.477 e. The van der Waals surface area contributed by atoms with Gasteiger partial charge in [0.15, 0.2) is 11.8 Å². The van der Waals surface area contributed by atoms with E-state index in [0.29, 0.717) is 23.0 Å². The highest BCUT2D eigenvalue weighted by atomic mass is 32.2. The predicted octanol–water partition coefficient (Wildman–Crippen LogP) is 2.64. The standard InChI is InChI=1S/C23H24N6O5S3/c24-5-7-35-10-12-4-6-26-9-16(12)37-17-11-36-22-13(21(31)29(22)20(17)23(32)33)8-15(30)19(28-34)14-2-1-3-18(25)27-14/h1-4,6,9,13,19,22H,5,7-8,10-11,24H2,(H2,25,27)(H,32,33). The third-order valence-corrected chi connectivity index (χ3v) is 9.50. The first-order valence-electron chi connectivity index (χ1n) is 11.2. The molecular formula is C23H24N6O5S3. The van der Waals surface area contributed by atoms with E-state index in [-0.39, 0.29) is 23.6 Å². The van der Waals surface area contributed by atoms with Gasteiger partial charge in [-0.1, -0.05) is 23.0 Å². The summed E-state index contributed by atoms with van der Waals surface area (Å²) < 4.78 is 0. The van der Waals surface area contributed by atoms with E-state index in [1.807, 2.05) is 6.07 Å². The Morgan fingerprint density at radius 3 is 2.84 bits per heavy atom. The summed E-state index contributed by atoms with van der Waals surface area (Å²) >= 11 is 4.34.